The number of aromatic nitrogens is 4. The topological polar surface area (TPSA) is 99.8 Å². The predicted octanol–water partition coefficient (Wildman–Crippen LogP) is 2.36. The van der Waals surface area contributed by atoms with Crippen LogP contribution in [-0.4, -0.2) is 31.9 Å². The summed E-state index contributed by atoms with van der Waals surface area (Å²) in [4.78, 5) is 31.2. The Labute approximate surface area is 187 Å². The van der Waals surface area contributed by atoms with Crippen LogP contribution in [0.2, 0.25) is 0 Å². The maximum atomic E-state index is 13.4. The number of fused-ring (bicyclic) bond motifs is 2. The molecule has 1 aliphatic heterocycles. The Kier molecular flexibility index (Phi) is 4.93. The van der Waals surface area contributed by atoms with E-state index in [0.717, 1.165) is 11.3 Å². The summed E-state index contributed by atoms with van der Waals surface area (Å²) in [6.45, 7) is 4.25. The largest absolute Gasteiger partial charge is 0.454 e. The molecule has 0 atom stereocenters. The summed E-state index contributed by atoms with van der Waals surface area (Å²) in [6.07, 6.45) is 0.0685. The number of amides is 1. The number of carbonyl (C=O) groups excluding carboxylic acids is 1. The molecule has 1 N–H and O–H groups in total. The molecule has 0 bridgehead atoms. The summed E-state index contributed by atoms with van der Waals surface area (Å²) >= 11 is 1.34. The van der Waals surface area contributed by atoms with Gasteiger partial charge in [0.1, 0.15) is 0 Å². The Morgan fingerprint density at radius 1 is 1.22 bits per heavy atom. The molecule has 32 heavy (non-hydrogen) atoms. The molecule has 0 spiro atoms. The zero-order valence-electron chi connectivity index (χ0n) is 17.8. The first-order valence-electron chi connectivity index (χ1n) is 10.1. The minimum atomic E-state index is -0.199. The van der Waals surface area contributed by atoms with Crippen molar-refractivity contribution in [2.45, 2.75) is 26.8 Å². The zero-order valence-corrected chi connectivity index (χ0v) is 18.7. The molecule has 0 radical (unpaired) electrons. The molecule has 4 aromatic rings. The lowest BCUT2D eigenvalue weighted by molar-refractivity contribution is -0.120. The molecule has 0 saturated carbocycles. The highest BCUT2D eigenvalue weighted by atomic mass is 32.1. The van der Waals surface area contributed by atoms with E-state index in [1.807, 2.05) is 43.5 Å². The van der Waals surface area contributed by atoms with Gasteiger partial charge in [0.2, 0.25) is 12.7 Å². The summed E-state index contributed by atoms with van der Waals surface area (Å²) in [7, 11) is 1.80. The maximum absolute atomic E-state index is 13.4. The highest BCUT2D eigenvalue weighted by molar-refractivity contribution is 7.15. The third-order valence-electron chi connectivity index (χ3n) is 5.35. The number of ether oxygens (including phenoxy) is 2. The number of rotatable bonds is 5. The van der Waals surface area contributed by atoms with Crippen LogP contribution in [0.15, 0.2) is 34.4 Å². The molecule has 1 aromatic carbocycles. The summed E-state index contributed by atoms with van der Waals surface area (Å²) in [6, 6.07) is 7.42. The molecular formula is C22H21N5O4S. The van der Waals surface area contributed by atoms with E-state index in [0.29, 0.717) is 45.6 Å². The standard InChI is InChI=1S/C22H21N5O4S/c1-12-6-16(26(3)25-12)20-13(2)24-22-27(21(20)29)15(10-32-22)8-19(28)23-9-14-4-5-17-18(7-14)31-11-30-17/h4-7,10H,8-9,11H2,1-3H3,(H,23,28). The van der Waals surface area contributed by atoms with Crippen molar-refractivity contribution in [2.24, 2.45) is 7.05 Å². The smallest absolute Gasteiger partial charge is 0.268 e. The van der Waals surface area contributed by atoms with Gasteiger partial charge in [-0.2, -0.15) is 5.10 Å². The van der Waals surface area contributed by atoms with Gasteiger partial charge in [0, 0.05) is 24.7 Å². The van der Waals surface area contributed by atoms with E-state index in [1.165, 1.54) is 15.7 Å². The third-order valence-corrected chi connectivity index (χ3v) is 6.22. The van der Waals surface area contributed by atoms with E-state index in [1.54, 1.807) is 11.7 Å². The quantitative estimate of drug-likeness (QED) is 0.500. The van der Waals surface area contributed by atoms with E-state index in [-0.39, 0.29) is 24.7 Å². The summed E-state index contributed by atoms with van der Waals surface area (Å²) in [5.41, 5.74) is 3.96. The van der Waals surface area contributed by atoms with Crippen LogP contribution in [0.4, 0.5) is 0 Å². The average Bonchev–Trinajstić information content (AvgIpc) is 3.45. The monoisotopic (exact) mass is 451 g/mol. The molecule has 9 nitrogen and oxygen atoms in total. The second kappa shape index (κ2) is 7.79. The van der Waals surface area contributed by atoms with Gasteiger partial charge >= 0.3 is 0 Å². The van der Waals surface area contributed by atoms with Crippen LogP contribution in [-0.2, 0) is 24.8 Å². The van der Waals surface area contributed by atoms with E-state index in [2.05, 4.69) is 15.4 Å². The molecule has 1 aliphatic rings. The van der Waals surface area contributed by atoms with Crippen molar-refractivity contribution in [3.63, 3.8) is 0 Å². The van der Waals surface area contributed by atoms with Gasteiger partial charge in [0.05, 0.1) is 29.1 Å². The molecule has 0 fully saturated rings. The van der Waals surface area contributed by atoms with Crippen molar-refractivity contribution in [3.05, 3.63) is 62.6 Å². The number of nitrogens with one attached hydrogen (secondary N) is 1. The number of hydrogen-bond donors (Lipinski definition) is 1. The minimum absolute atomic E-state index is 0.0685. The molecule has 0 aliphatic carbocycles. The molecule has 0 saturated heterocycles. The van der Waals surface area contributed by atoms with Gasteiger partial charge in [0.25, 0.3) is 5.56 Å². The van der Waals surface area contributed by atoms with Gasteiger partial charge in [-0.25, -0.2) is 4.98 Å². The van der Waals surface area contributed by atoms with E-state index in [9.17, 15) is 9.59 Å². The van der Waals surface area contributed by atoms with Gasteiger partial charge in [-0.1, -0.05) is 6.07 Å². The second-order valence-corrected chi connectivity index (χ2v) is 8.49. The molecular weight excluding hydrogens is 430 g/mol. The fourth-order valence-electron chi connectivity index (χ4n) is 3.85. The summed E-state index contributed by atoms with van der Waals surface area (Å²) in [5, 5.41) is 9.05. The van der Waals surface area contributed by atoms with Gasteiger partial charge in [-0.15, -0.1) is 11.3 Å². The van der Waals surface area contributed by atoms with Crippen molar-refractivity contribution >= 4 is 22.2 Å². The number of benzene rings is 1. The first-order valence-corrected chi connectivity index (χ1v) is 10.9. The molecule has 164 valence electrons. The number of carbonyl (C=O) groups is 1. The zero-order chi connectivity index (χ0) is 22.4. The highest BCUT2D eigenvalue weighted by Gasteiger charge is 2.20. The normalized spacial score (nSPS) is 12.5. The molecule has 5 rings (SSSR count). The van der Waals surface area contributed by atoms with Crippen molar-refractivity contribution in [2.75, 3.05) is 6.79 Å². The van der Waals surface area contributed by atoms with Gasteiger partial charge in [0.15, 0.2) is 16.5 Å². The van der Waals surface area contributed by atoms with Crippen LogP contribution in [0.1, 0.15) is 22.6 Å². The molecule has 4 heterocycles. The van der Waals surface area contributed by atoms with Crippen LogP contribution < -0.4 is 20.3 Å². The van der Waals surface area contributed by atoms with E-state index < -0.39 is 0 Å². The van der Waals surface area contributed by atoms with Gasteiger partial charge < -0.3 is 14.8 Å². The van der Waals surface area contributed by atoms with Crippen LogP contribution in [0.25, 0.3) is 16.2 Å². The van der Waals surface area contributed by atoms with Crippen molar-refractivity contribution < 1.29 is 14.3 Å². The van der Waals surface area contributed by atoms with Crippen LogP contribution in [0.3, 0.4) is 0 Å². The SMILES string of the molecule is Cc1cc(-c2c(C)nc3scc(CC(=O)NCc4ccc5c(c4)OCO5)n3c2=O)n(C)n1. The highest BCUT2D eigenvalue weighted by Crippen LogP contribution is 2.32. The second-order valence-electron chi connectivity index (χ2n) is 7.66. The molecule has 0 unspecified atom stereocenters. The Balaban J connectivity index is 1.39. The first-order chi connectivity index (χ1) is 15.4. The first kappa shape index (κ1) is 20.3. The molecule has 1 amide bonds. The Bertz CT molecular complexity index is 1420. The number of aryl methyl sites for hydroxylation is 3. The number of nitrogens with zero attached hydrogens (tertiary/aromatic N) is 4. The van der Waals surface area contributed by atoms with Crippen molar-refractivity contribution in [1.82, 2.24) is 24.5 Å². The summed E-state index contributed by atoms with van der Waals surface area (Å²) < 4.78 is 13.9. The van der Waals surface area contributed by atoms with Crippen molar-refractivity contribution in [1.29, 1.82) is 0 Å². The fraction of sp³-hybridized carbons (Fsp3) is 0.273. The third kappa shape index (κ3) is 3.52. The fourth-order valence-corrected chi connectivity index (χ4v) is 4.77. The Morgan fingerprint density at radius 2 is 2.03 bits per heavy atom. The number of thiazole rings is 1. The van der Waals surface area contributed by atoms with Crippen molar-refractivity contribution in [3.8, 4) is 22.8 Å². The summed E-state index contributed by atoms with van der Waals surface area (Å²) in [5.74, 6) is 1.19. The molecule has 3 aromatic heterocycles. The van der Waals surface area contributed by atoms with E-state index >= 15 is 0 Å². The average molecular weight is 452 g/mol. The Morgan fingerprint density at radius 3 is 2.81 bits per heavy atom. The van der Waals surface area contributed by atoms with Crippen LogP contribution >= 0.6 is 11.3 Å². The van der Waals surface area contributed by atoms with E-state index in [4.69, 9.17) is 9.47 Å². The molecule has 10 heteroatoms. The lowest BCUT2D eigenvalue weighted by Crippen LogP contribution is -2.27. The Hall–Kier alpha value is -3.66. The lowest BCUT2D eigenvalue weighted by atomic mass is 10.1. The lowest BCUT2D eigenvalue weighted by Gasteiger charge is -2.09. The number of hydrogen-bond acceptors (Lipinski definition) is 7. The van der Waals surface area contributed by atoms with Gasteiger partial charge in [-0.3, -0.25) is 18.7 Å². The minimum Gasteiger partial charge on any atom is -0.454 e. The van der Waals surface area contributed by atoms with Crippen LogP contribution in [0.5, 0.6) is 11.5 Å². The van der Waals surface area contributed by atoms with Gasteiger partial charge in [-0.05, 0) is 37.6 Å². The maximum Gasteiger partial charge on any atom is 0.268 e. The predicted molar refractivity (Wildman–Crippen MR) is 119 cm³/mol. The van der Waals surface area contributed by atoms with Crippen LogP contribution in [0, 0.1) is 13.8 Å².